The minimum absolute atomic E-state index is 3.84. The van der Waals surface area contributed by atoms with Gasteiger partial charge in [-0.3, -0.25) is 0 Å². The Balaban J connectivity index is 1.93. The van der Waals surface area contributed by atoms with E-state index in [9.17, 15) is 43.2 Å². The quantitative estimate of drug-likeness (QED) is 0.126. The van der Waals surface area contributed by atoms with E-state index in [1.807, 2.05) is 0 Å². The molecule has 4 unspecified atom stereocenters. The second-order valence-electron chi connectivity index (χ2n) is 5.08. The highest BCUT2D eigenvalue weighted by Gasteiger charge is 2.83. The molecule has 28 heavy (non-hydrogen) atoms. The van der Waals surface area contributed by atoms with Crippen molar-refractivity contribution >= 4 is 72.9 Å². The van der Waals surface area contributed by atoms with Crippen LogP contribution in [0.1, 0.15) is 0 Å². The van der Waals surface area contributed by atoms with Gasteiger partial charge in [0.15, 0.2) is 0 Å². The summed E-state index contributed by atoms with van der Waals surface area (Å²) in [4.78, 5) is 91.4. The van der Waals surface area contributed by atoms with Gasteiger partial charge in [-0.1, -0.05) is 0 Å². The fourth-order valence-electron chi connectivity index (χ4n) is 2.11. The Morgan fingerprint density at radius 3 is 0.964 bits per heavy atom. The van der Waals surface area contributed by atoms with Crippen molar-refractivity contribution in [1.29, 1.82) is 0 Å². The minimum Gasteiger partial charge on any atom is -0.388 e. The molecule has 0 spiro atoms. The fraction of sp³-hybridized carbons (Fsp3) is 0. The van der Waals surface area contributed by atoms with Crippen LogP contribution in [-0.4, -0.2) is 116 Å². The Morgan fingerprint density at radius 1 is 0.393 bits per heavy atom. The molecule has 161 valence electrons. The summed E-state index contributed by atoms with van der Waals surface area (Å²) in [5, 5.41) is 0. The molecular weight excluding hydrogens is 545 g/mol. The molecule has 28 heteroatoms. The van der Waals surface area contributed by atoms with Crippen molar-refractivity contribution in [2.75, 3.05) is 0 Å². The van der Waals surface area contributed by atoms with Crippen LogP contribution in [0.15, 0.2) is 0 Å². The Hall–Kier alpha value is 0.935. The molecule has 4 aliphatic rings. The molecule has 4 heterocycles. The Kier molecular flexibility index (Phi) is 4.94. The highest BCUT2D eigenvalue weighted by atomic mass is 28.6. The average Bonchev–Trinajstić information content (AvgIpc) is 2.24. The third kappa shape index (κ3) is 4.30. The molecule has 1 radical (unpaired) electrons. The molecule has 9 N–H and O–H groups in total. The first-order valence-corrected chi connectivity index (χ1v) is 19.5. The zero-order valence-electron chi connectivity index (χ0n) is 12.5. The van der Waals surface area contributed by atoms with Crippen LogP contribution in [0.5, 0.6) is 0 Å². The number of hydrogen-bond acceptors (Lipinski definition) is 20. The molecule has 0 saturated carbocycles. The maximum atomic E-state index is 10.4. The first-order valence-electron chi connectivity index (χ1n) is 6.50. The summed E-state index contributed by atoms with van der Waals surface area (Å²) in [5.41, 5.74) is 0. The van der Waals surface area contributed by atoms with Gasteiger partial charge in [0, 0.05) is 0 Å². The molecule has 0 aliphatic carbocycles. The number of hydrogen-bond donors (Lipinski definition) is 9. The van der Waals surface area contributed by atoms with Crippen molar-refractivity contribution in [3.05, 3.63) is 0 Å². The summed E-state index contributed by atoms with van der Waals surface area (Å²) in [5.74, 6) is 0. The second kappa shape index (κ2) is 6.25. The molecule has 0 aromatic rings. The largest absolute Gasteiger partial charge is 0.662 e. The van der Waals surface area contributed by atoms with Crippen LogP contribution in [0.25, 0.3) is 0 Å². The zero-order chi connectivity index (χ0) is 20.9. The lowest BCUT2D eigenvalue weighted by molar-refractivity contribution is -0.109. The Morgan fingerprint density at radius 2 is 0.643 bits per heavy atom. The van der Waals surface area contributed by atoms with E-state index in [1.54, 1.807) is 0 Å². The molecule has 4 atom stereocenters. The summed E-state index contributed by atoms with van der Waals surface area (Å²) in [7, 11) is -43.2. The number of fused-ring (bicyclic) bond motifs is 4. The smallest absolute Gasteiger partial charge is 0.388 e. The van der Waals surface area contributed by atoms with Gasteiger partial charge in [0.05, 0.1) is 0 Å². The molecule has 20 nitrogen and oxygen atoms in total. The third-order valence-electron chi connectivity index (χ3n) is 2.76. The van der Waals surface area contributed by atoms with E-state index in [4.69, 9.17) is 0 Å². The van der Waals surface area contributed by atoms with Crippen molar-refractivity contribution < 1.29 is 88.4 Å². The van der Waals surface area contributed by atoms with Crippen molar-refractivity contribution in [3.8, 4) is 0 Å². The first kappa shape index (κ1) is 22.1. The summed E-state index contributed by atoms with van der Waals surface area (Å²) in [6.45, 7) is 0. The third-order valence-corrected chi connectivity index (χ3v) is 24.9. The minimum atomic E-state index is -5.73. The van der Waals surface area contributed by atoms with Gasteiger partial charge in [-0.25, -0.2) is 0 Å². The molecule has 4 saturated heterocycles. The predicted octanol–water partition coefficient (Wildman–Crippen LogP) is -8.81. The van der Waals surface area contributed by atoms with E-state index in [0.717, 1.165) is 0 Å². The fourth-order valence-corrected chi connectivity index (χ4v) is 26.5. The highest BCUT2D eigenvalue weighted by Crippen LogP contribution is 2.38. The lowest BCUT2D eigenvalue weighted by atomic mass is 15.5. The van der Waals surface area contributed by atoms with Crippen LogP contribution in [0.4, 0.5) is 0 Å². The Labute approximate surface area is 161 Å². The molecule has 0 aromatic heterocycles. The summed E-state index contributed by atoms with van der Waals surface area (Å²) in [6, 6.07) is 0. The van der Waals surface area contributed by atoms with E-state index in [0.29, 0.717) is 0 Å². The molecule has 6 bridgehead atoms. The molecule has 4 rings (SSSR count). The Bertz CT molecular complexity index is 597. The standard InChI is InChI=1S/H9O20Si8/c1-21-10-23(4)14-25(6)12-22(2,3)13-26(7)15-24(5,11-21)17-27(8,16-23)20-28(9,18-25)19-26/h1-9H. The van der Waals surface area contributed by atoms with Crippen LogP contribution < -0.4 is 0 Å². The van der Waals surface area contributed by atoms with Gasteiger partial charge >= 0.3 is 72.9 Å². The highest BCUT2D eigenvalue weighted by molar-refractivity contribution is 6.92. The molecule has 0 amide bonds. The van der Waals surface area contributed by atoms with E-state index >= 15 is 0 Å². The van der Waals surface area contributed by atoms with Gasteiger partial charge in [0.2, 0.25) is 0 Å². The van der Waals surface area contributed by atoms with Gasteiger partial charge in [0.1, 0.15) is 0 Å². The summed E-state index contributed by atoms with van der Waals surface area (Å²) in [6.07, 6.45) is 0. The van der Waals surface area contributed by atoms with Gasteiger partial charge in [-0.05, 0) is 0 Å². The van der Waals surface area contributed by atoms with Crippen molar-refractivity contribution in [2.45, 2.75) is 0 Å². The molecule has 0 aromatic carbocycles. The summed E-state index contributed by atoms with van der Waals surface area (Å²) < 4.78 is 50.1. The monoisotopic (exact) mass is 553 g/mol. The van der Waals surface area contributed by atoms with Crippen LogP contribution in [0.3, 0.4) is 0 Å². The van der Waals surface area contributed by atoms with E-state index < -0.39 is 72.9 Å². The zero-order valence-corrected chi connectivity index (χ0v) is 20.5. The van der Waals surface area contributed by atoms with Crippen LogP contribution in [0.2, 0.25) is 0 Å². The van der Waals surface area contributed by atoms with Gasteiger partial charge in [0.25, 0.3) is 0 Å². The van der Waals surface area contributed by atoms with Crippen molar-refractivity contribution in [3.63, 3.8) is 0 Å². The first-order chi connectivity index (χ1) is 12.5. The van der Waals surface area contributed by atoms with Crippen LogP contribution in [0, 0.1) is 0 Å². The van der Waals surface area contributed by atoms with Gasteiger partial charge in [-0.15, -0.1) is 0 Å². The van der Waals surface area contributed by atoms with Crippen molar-refractivity contribution in [2.24, 2.45) is 0 Å². The van der Waals surface area contributed by atoms with Gasteiger partial charge < -0.3 is 88.4 Å². The van der Waals surface area contributed by atoms with E-state index in [1.165, 1.54) is 0 Å². The maximum Gasteiger partial charge on any atom is 0.662 e. The average molecular weight is 554 g/mol. The normalized spacial score (nSPS) is 56.9. The second-order valence-corrected chi connectivity index (χ2v) is 22.0. The van der Waals surface area contributed by atoms with Crippen LogP contribution in [-0.2, 0) is 45.3 Å². The van der Waals surface area contributed by atoms with E-state index in [-0.39, 0.29) is 0 Å². The number of rotatable bonds is 0. The summed E-state index contributed by atoms with van der Waals surface area (Å²) >= 11 is 0. The van der Waals surface area contributed by atoms with E-state index in [2.05, 4.69) is 45.3 Å². The lowest BCUT2D eigenvalue weighted by Crippen LogP contribution is -2.85. The SMILES string of the molecule is O[Si]1O[Si]2(O)O[Si]3(O)O[Si](O)(O)O[Si]4(O)O[Si](O)(O1)O[Si](O)(O2)O[Si](O)(O3)O4. The lowest BCUT2D eigenvalue weighted by Gasteiger charge is -2.48. The van der Waals surface area contributed by atoms with Gasteiger partial charge in [-0.2, -0.15) is 0 Å². The van der Waals surface area contributed by atoms with Crippen LogP contribution >= 0.6 is 0 Å². The topological polar surface area (TPSA) is 284 Å². The van der Waals surface area contributed by atoms with Crippen molar-refractivity contribution in [1.82, 2.24) is 0 Å². The molecule has 4 aliphatic heterocycles. The molecule has 4 fully saturated rings. The predicted molar refractivity (Wildman–Crippen MR) is 77.9 cm³/mol. The molecular formula is H9O20Si8. The maximum absolute atomic E-state index is 10.4.